The third kappa shape index (κ3) is 3.52. The summed E-state index contributed by atoms with van der Waals surface area (Å²) in [6, 6.07) is 11.5. The lowest BCUT2D eigenvalue weighted by atomic mass is 10.1. The summed E-state index contributed by atoms with van der Waals surface area (Å²) >= 11 is 0. The van der Waals surface area contributed by atoms with Crippen molar-refractivity contribution in [2.75, 3.05) is 11.9 Å². The summed E-state index contributed by atoms with van der Waals surface area (Å²) < 4.78 is 12.8. The molecule has 0 bridgehead atoms. The highest BCUT2D eigenvalue weighted by Crippen LogP contribution is 2.18. The van der Waals surface area contributed by atoms with Gasteiger partial charge >= 0.3 is 0 Å². The highest BCUT2D eigenvalue weighted by molar-refractivity contribution is 5.48. The van der Waals surface area contributed by atoms with E-state index in [2.05, 4.69) is 5.32 Å². The molecule has 0 spiro atoms. The van der Waals surface area contributed by atoms with Gasteiger partial charge in [-0.2, -0.15) is 0 Å². The van der Waals surface area contributed by atoms with E-state index in [0.717, 1.165) is 0 Å². The molecule has 6 heteroatoms. The van der Waals surface area contributed by atoms with Crippen molar-refractivity contribution in [3.05, 3.63) is 70.0 Å². The average Bonchev–Trinajstić information content (AvgIpc) is 2.46. The van der Waals surface area contributed by atoms with Gasteiger partial charge in [0.2, 0.25) is 0 Å². The molecule has 2 aromatic rings. The first-order valence-corrected chi connectivity index (χ1v) is 5.98. The SMILES string of the molecule is O=[N+]([O-])c1ccc(NC[C@@H](O)c2ccc(F)cc2)cc1. The van der Waals surface area contributed by atoms with Gasteiger partial charge in [0.15, 0.2) is 0 Å². The van der Waals surface area contributed by atoms with Crippen molar-refractivity contribution in [2.45, 2.75) is 6.10 Å². The van der Waals surface area contributed by atoms with Crippen LogP contribution in [0.3, 0.4) is 0 Å². The minimum Gasteiger partial charge on any atom is -0.387 e. The van der Waals surface area contributed by atoms with Gasteiger partial charge < -0.3 is 10.4 Å². The Morgan fingerprint density at radius 1 is 1.15 bits per heavy atom. The van der Waals surface area contributed by atoms with Crippen LogP contribution in [0.15, 0.2) is 48.5 Å². The maximum absolute atomic E-state index is 12.8. The Kier molecular flexibility index (Phi) is 4.27. The number of halogens is 1. The number of nitrogens with zero attached hydrogens (tertiary/aromatic N) is 1. The smallest absolute Gasteiger partial charge is 0.269 e. The fraction of sp³-hybridized carbons (Fsp3) is 0.143. The summed E-state index contributed by atoms with van der Waals surface area (Å²) in [7, 11) is 0. The highest BCUT2D eigenvalue weighted by atomic mass is 19.1. The molecule has 2 N–H and O–H groups in total. The Hall–Kier alpha value is -2.47. The van der Waals surface area contributed by atoms with E-state index in [4.69, 9.17) is 0 Å². The van der Waals surface area contributed by atoms with E-state index in [1.165, 1.54) is 36.4 Å². The maximum atomic E-state index is 12.8. The van der Waals surface area contributed by atoms with Crippen molar-refractivity contribution in [1.82, 2.24) is 0 Å². The van der Waals surface area contributed by atoms with Crippen molar-refractivity contribution < 1.29 is 14.4 Å². The zero-order valence-electron chi connectivity index (χ0n) is 10.5. The Bertz CT molecular complexity index is 584. The predicted octanol–water partition coefficient (Wildman–Crippen LogP) is 2.88. The lowest BCUT2D eigenvalue weighted by Crippen LogP contribution is -2.12. The summed E-state index contributed by atoms with van der Waals surface area (Å²) in [6.07, 6.45) is -0.786. The molecule has 0 fully saturated rings. The maximum Gasteiger partial charge on any atom is 0.269 e. The van der Waals surface area contributed by atoms with Gasteiger partial charge in [-0.25, -0.2) is 4.39 Å². The number of non-ortho nitro benzene ring substituents is 1. The molecule has 0 unspecified atom stereocenters. The molecule has 0 radical (unpaired) electrons. The van der Waals surface area contributed by atoms with E-state index in [1.54, 1.807) is 12.1 Å². The van der Waals surface area contributed by atoms with E-state index < -0.39 is 11.0 Å². The number of nitro groups is 1. The molecular formula is C14H13FN2O3. The standard InChI is InChI=1S/C14H13FN2O3/c15-11-3-1-10(2-4-11)14(18)9-16-12-5-7-13(8-6-12)17(19)20/h1-8,14,16,18H,9H2/t14-/m1/s1. The number of hydrogen-bond donors (Lipinski definition) is 2. The van der Waals surface area contributed by atoms with Gasteiger partial charge in [0.25, 0.3) is 5.69 Å². The van der Waals surface area contributed by atoms with Crippen molar-refractivity contribution in [1.29, 1.82) is 0 Å². The summed E-state index contributed by atoms with van der Waals surface area (Å²) in [4.78, 5) is 10.0. The van der Waals surface area contributed by atoms with Crippen molar-refractivity contribution >= 4 is 11.4 Å². The minimum absolute atomic E-state index is 0.00892. The van der Waals surface area contributed by atoms with Gasteiger partial charge in [-0.05, 0) is 29.8 Å². The van der Waals surface area contributed by atoms with Gasteiger partial charge in [0, 0.05) is 24.4 Å². The van der Waals surface area contributed by atoms with Crippen molar-refractivity contribution in [2.24, 2.45) is 0 Å². The van der Waals surface area contributed by atoms with Crippen LogP contribution in [0.4, 0.5) is 15.8 Å². The minimum atomic E-state index is -0.786. The van der Waals surface area contributed by atoms with E-state index >= 15 is 0 Å². The quantitative estimate of drug-likeness (QED) is 0.650. The van der Waals surface area contributed by atoms with E-state index in [-0.39, 0.29) is 18.0 Å². The molecule has 20 heavy (non-hydrogen) atoms. The predicted molar refractivity (Wildman–Crippen MR) is 72.9 cm³/mol. The number of nitrogens with one attached hydrogen (secondary N) is 1. The molecule has 0 heterocycles. The molecule has 0 amide bonds. The third-order valence-corrected chi connectivity index (χ3v) is 2.83. The number of benzene rings is 2. The summed E-state index contributed by atoms with van der Waals surface area (Å²) in [6.45, 7) is 0.226. The van der Waals surface area contributed by atoms with Crippen LogP contribution in [0.25, 0.3) is 0 Å². The van der Waals surface area contributed by atoms with Crippen molar-refractivity contribution in [3.63, 3.8) is 0 Å². The van der Waals surface area contributed by atoms with Crippen LogP contribution >= 0.6 is 0 Å². The number of nitro benzene ring substituents is 1. The Balaban J connectivity index is 1.94. The second-order valence-corrected chi connectivity index (χ2v) is 4.25. The second-order valence-electron chi connectivity index (χ2n) is 4.25. The molecule has 1 atom stereocenters. The zero-order valence-corrected chi connectivity index (χ0v) is 10.5. The van der Waals surface area contributed by atoms with Crippen LogP contribution in [0.5, 0.6) is 0 Å². The van der Waals surface area contributed by atoms with Crippen LogP contribution in [-0.4, -0.2) is 16.6 Å². The van der Waals surface area contributed by atoms with Gasteiger partial charge in [0.05, 0.1) is 11.0 Å². The molecule has 0 aromatic heterocycles. The van der Waals surface area contributed by atoms with E-state index in [1.807, 2.05) is 0 Å². The first-order valence-electron chi connectivity index (χ1n) is 5.98. The summed E-state index contributed by atoms with van der Waals surface area (Å²) in [5.74, 6) is -0.357. The molecule has 2 aromatic carbocycles. The van der Waals surface area contributed by atoms with Crippen LogP contribution < -0.4 is 5.32 Å². The number of anilines is 1. The third-order valence-electron chi connectivity index (χ3n) is 2.83. The van der Waals surface area contributed by atoms with E-state index in [0.29, 0.717) is 11.3 Å². The normalized spacial score (nSPS) is 11.9. The second kappa shape index (κ2) is 6.12. The molecule has 0 aliphatic rings. The fourth-order valence-electron chi connectivity index (χ4n) is 1.72. The molecular weight excluding hydrogens is 263 g/mol. The highest BCUT2D eigenvalue weighted by Gasteiger charge is 2.08. The molecule has 2 rings (SSSR count). The largest absolute Gasteiger partial charge is 0.387 e. The Morgan fingerprint density at radius 3 is 2.30 bits per heavy atom. The first kappa shape index (κ1) is 14.0. The van der Waals surface area contributed by atoms with Gasteiger partial charge in [-0.15, -0.1) is 0 Å². The number of aliphatic hydroxyl groups excluding tert-OH is 1. The van der Waals surface area contributed by atoms with E-state index in [9.17, 15) is 19.6 Å². The Morgan fingerprint density at radius 2 is 1.75 bits per heavy atom. The first-order chi connectivity index (χ1) is 9.56. The molecule has 104 valence electrons. The molecule has 0 aliphatic heterocycles. The fourth-order valence-corrected chi connectivity index (χ4v) is 1.72. The number of hydrogen-bond acceptors (Lipinski definition) is 4. The zero-order chi connectivity index (χ0) is 14.5. The van der Waals surface area contributed by atoms with Crippen LogP contribution in [0.1, 0.15) is 11.7 Å². The van der Waals surface area contributed by atoms with Crippen LogP contribution in [-0.2, 0) is 0 Å². The average molecular weight is 276 g/mol. The van der Waals surface area contributed by atoms with Crippen LogP contribution in [0.2, 0.25) is 0 Å². The van der Waals surface area contributed by atoms with Gasteiger partial charge in [-0.1, -0.05) is 12.1 Å². The number of rotatable bonds is 5. The monoisotopic (exact) mass is 276 g/mol. The van der Waals surface area contributed by atoms with Gasteiger partial charge in [0.1, 0.15) is 5.82 Å². The van der Waals surface area contributed by atoms with Gasteiger partial charge in [-0.3, -0.25) is 10.1 Å². The molecule has 0 aliphatic carbocycles. The topological polar surface area (TPSA) is 75.4 Å². The Labute approximate surface area is 114 Å². The lowest BCUT2D eigenvalue weighted by Gasteiger charge is -2.13. The van der Waals surface area contributed by atoms with Crippen LogP contribution in [0, 0.1) is 15.9 Å². The molecule has 0 saturated heterocycles. The van der Waals surface area contributed by atoms with Crippen molar-refractivity contribution in [3.8, 4) is 0 Å². The summed E-state index contributed by atoms with van der Waals surface area (Å²) in [5, 5.41) is 23.4. The molecule has 5 nitrogen and oxygen atoms in total. The number of aliphatic hydroxyl groups is 1. The summed E-state index contributed by atoms with van der Waals surface area (Å²) in [5.41, 5.74) is 1.27. The lowest BCUT2D eigenvalue weighted by molar-refractivity contribution is -0.384. The molecule has 0 saturated carbocycles.